The van der Waals surface area contributed by atoms with Crippen LogP contribution in [0.15, 0.2) is 6.07 Å². The van der Waals surface area contributed by atoms with E-state index >= 15 is 0 Å². The summed E-state index contributed by atoms with van der Waals surface area (Å²) in [6, 6.07) is 1.22. The summed E-state index contributed by atoms with van der Waals surface area (Å²) in [5.41, 5.74) is 0.399. The molecule has 0 radical (unpaired) electrons. The Hall–Kier alpha value is -0.800. The molecule has 0 spiro atoms. The van der Waals surface area contributed by atoms with Gasteiger partial charge in [-0.15, -0.1) is 0 Å². The van der Waals surface area contributed by atoms with E-state index in [0.717, 1.165) is 0 Å². The molecule has 12 heavy (non-hydrogen) atoms. The molecular formula is C7H5Cl2NO2. The topological polar surface area (TPSA) is 50.2 Å². The maximum Gasteiger partial charge on any atom is 0.337 e. The summed E-state index contributed by atoms with van der Waals surface area (Å²) < 4.78 is 0. The number of nitrogens with zero attached hydrogens (tertiary/aromatic N) is 1. The van der Waals surface area contributed by atoms with E-state index in [2.05, 4.69) is 4.98 Å². The number of hydrogen-bond acceptors (Lipinski definition) is 2. The van der Waals surface area contributed by atoms with E-state index in [0.29, 0.717) is 5.69 Å². The van der Waals surface area contributed by atoms with Crippen LogP contribution in [0, 0.1) is 6.92 Å². The molecule has 0 atom stereocenters. The average molecular weight is 206 g/mol. The van der Waals surface area contributed by atoms with Crippen molar-refractivity contribution in [1.29, 1.82) is 0 Å². The first-order chi connectivity index (χ1) is 5.52. The van der Waals surface area contributed by atoms with Crippen molar-refractivity contribution in [3.8, 4) is 0 Å². The number of carboxylic acid groups (broad SMARTS) is 1. The molecule has 0 aromatic carbocycles. The zero-order valence-electron chi connectivity index (χ0n) is 6.14. The van der Waals surface area contributed by atoms with Crippen molar-refractivity contribution in [3.63, 3.8) is 0 Å². The summed E-state index contributed by atoms with van der Waals surface area (Å²) in [6.07, 6.45) is 0. The summed E-state index contributed by atoms with van der Waals surface area (Å²) in [5.74, 6) is -1.10. The number of pyridine rings is 1. The second-order valence-electron chi connectivity index (χ2n) is 2.20. The van der Waals surface area contributed by atoms with Crippen molar-refractivity contribution in [3.05, 3.63) is 27.5 Å². The minimum absolute atomic E-state index is 0.0193. The van der Waals surface area contributed by atoms with Gasteiger partial charge >= 0.3 is 5.97 Å². The average Bonchev–Trinajstić information content (AvgIpc) is 1.96. The van der Waals surface area contributed by atoms with Crippen molar-refractivity contribution >= 4 is 29.2 Å². The zero-order valence-corrected chi connectivity index (χ0v) is 7.65. The normalized spacial score (nSPS) is 9.92. The van der Waals surface area contributed by atoms with Crippen LogP contribution in [0.2, 0.25) is 10.2 Å². The van der Waals surface area contributed by atoms with Crippen molar-refractivity contribution in [2.24, 2.45) is 0 Å². The lowest BCUT2D eigenvalue weighted by Gasteiger charge is -2.01. The predicted octanol–water partition coefficient (Wildman–Crippen LogP) is 2.40. The van der Waals surface area contributed by atoms with Gasteiger partial charge in [-0.1, -0.05) is 23.2 Å². The van der Waals surface area contributed by atoms with Gasteiger partial charge < -0.3 is 5.11 Å². The highest BCUT2D eigenvalue weighted by atomic mass is 35.5. The Balaban J connectivity index is 3.37. The summed E-state index contributed by atoms with van der Waals surface area (Å²) in [5, 5.41) is 8.91. The number of aryl methyl sites for hydroxylation is 1. The lowest BCUT2D eigenvalue weighted by molar-refractivity contribution is 0.0697. The van der Waals surface area contributed by atoms with Gasteiger partial charge in [0.1, 0.15) is 5.15 Å². The van der Waals surface area contributed by atoms with Crippen LogP contribution in [-0.4, -0.2) is 16.1 Å². The third-order valence-electron chi connectivity index (χ3n) is 1.32. The van der Waals surface area contributed by atoms with Gasteiger partial charge in [0.2, 0.25) is 0 Å². The van der Waals surface area contributed by atoms with Crippen LogP contribution in [-0.2, 0) is 0 Å². The minimum Gasteiger partial charge on any atom is -0.478 e. The highest BCUT2D eigenvalue weighted by Gasteiger charge is 2.12. The van der Waals surface area contributed by atoms with Gasteiger partial charge in [0.25, 0.3) is 0 Å². The third-order valence-corrected chi connectivity index (χ3v) is 1.99. The molecule has 0 amide bonds. The fourth-order valence-electron chi connectivity index (χ4n) is 0.775. The molecule has 1 rings (SSSR count). The lowest BCUT2D eigenvalue weighted by Crippen LogP contribution is -2.00. The number of halogens is 2. The van der Waals surface area contributed by atoms with Gasteiger partial charge in [-0.2, -0.15) is 0 Å². The molecule has 3 nitrogen and oxygen atoms in total. The summed E-state index contributed by atoms with van der Waals surface area (Å²) in [6.45, 7) is 1.60. The number of aromatic carboxylic acids is 1. The second kappa shape index (κ2) is 3.29. The molecule has 1 N–H and O–H groups in total. The number of carboxylic acids is 1. The molecule has 0 aliphatic carbocycles. The molecule has 5 heteroatoms. The van der Waals surface area contributed by atoms with E-state index in [9.17, 15) is 4.79 Å². The lowest BCUT2D eigenvalue weighted by atomic mass is 10.2. The Morgan fingerprint density at radius 2 is 2.17 bits per heavy atom. The van der Waals surface area contributed by atoms with E-state index in [-0.39, 0.29) is 15.7 Å². The van der Waals surface area contributed by atoms with Crippen LogP contribution < -0.4 is 0 Å². The number of hydrogen-bond donors (Lipinski definition) is 1. The molecule has 0 saturated heterocycles. The van der Waals surface area contributed by atoms with E-state index in [1.807, 2.05) is 0 Å². The van der Waals surface area contributed by atoms with Crippen LogP contribution in [0.4, 0.5) is 0 Å². The van der Waals surface area contributed by atoms with Crippen LogP contribution in [0.25, 0.3) is 0 Å². The molecule has 1 aromatic rings. The molecule has 1 heterocycles. The zero-order chi connectivity index (χ0) is 9.30. The fraction of sp³-hybridized carbons (Fsp3) is 0.143. The predicted molar refractivity (Wildman–Crippen MR) is 46.0 cm³/mol. The molecule has 0 fully saturated rings. The Morgan fingerprint density at radius 3 is 2.67 bits per heavy atom. The Bertz CT molecular complexity index is 338. The molecule has 0 unspecified atom stereocenters. The number of carbonyl (C=O) groups is 1. The van der Waals surface area contributed by atoms with Crippen LogP contribution in [0.5, 0.6) is 0 Å². The van der Waals surface area contributed by atoms with E-state index in [1.165, 1.54) is 6.07 Å². The smallest absolute Gasteiger partial charge is 0.337 e. The van der Waals surface area contributed by atoms with Gasteiger partial charge in [-0.3, -0.25) is 0 Å². The SMILES string of the molecule is Cc1nc(Cl)cc(C(=O)O)c1Cl. The summed E-state index contributed by atoms with van der Waals surface area (Å²) in [7, 11) is 0. The summed E-state index contributed by atoms with van der Waals surface area (Å²) in [4.78, 5) is 14.3. The first-order valence-electron chi connectivity index (χ1n) is 3.08. The van der Waals surface area contributed by atoms with E-state index in [4.69, 9.17) is 28.3 Å². The number of aromatic nitrogens is 1. The number of rotatable bonds is 1. The van der Waals surface area contributed by atoms with Crippen molar-refractivity contribution in [2.75, 3.05) is 0 Å². The molecular weight excluding hydrogens is 201 g/mol. The van der Waals surface area contributed by atoms with Crippen LogP contribution in [0.3, 0.4) is 0 Å². The van der Waals surface area contributed by atoms with Gasteiger partial charge in [0.15, 0.2) is 0 Å². The van der Waals surface area contributed by atoms with Crippen molar-refractivity contribution in [1.82, 2.24) is 4.98 Å². The monoisotopic (exact) mass is 205 g/mol. The molecule has 0 saturated carbocycles. The van der Waals surface area contributed by atoms with Crippen LogP contribution in [0.1, 0.15) is 16.1 Å². The highest BCUT2D eigenvalue weighted by Crippen LogP contribution is 2.21. The fourth-order valence-corrected chi connectivity index (χ4v) is 1.19. The first kappa shape index (κ1) is 9.29. The largest absolute Gasteiger partial charge is 0.478 e. The van der Waals surface area contributed by atoms with E-state index in [1.54, 1.807) is 6.92 Å². The molecule has 1 aromatic heterocycles. The molecule has 0 bridgehead atoms. The Labute approximate surface area is 78.9 Å². The molecule has 0 aliphatic heterocycles. The first-order valence-corrected chi connectivity index (χ1v) is 3.84. The standard InChI is InChI=1S/C7H5Cl2NO2/c1-3-6(9)4(7(11)12)2-5(8)10-3/h2H,1H3,(H,11,12). The van der Waals surface area contributed by atoms with Crippen LogP contribution >= 0.6 is 23.2 Å². The highest BCUT2D eigenvalue weighted by molar-refractivity contribution is 6.35. The van der Waals surface area contributed by atoms with Crippen molar-refractivity contribution in [2.45, 2.75) is 6.92 Å². The maximum absolute atomic E-state index is 10.6. The summed E-state index contributed by atoms with van der Waals surface area (Å²) >= 11 is 11.2. The van der Waals surface area contributed by atoms with Gasteiger partial charge in [0.05, 0.1) is 16.3 Å². The third kappa shape index (κ3) is 1.68. The van der Waals surface area contributed by atoms with Crippen molar-refractivity contribution < 1.29 is 9.90 Å². The van der Waals surface area contributed by atoms with E-state index < -0.39 is 5.97 Å². The Morgan fingerprint density at radius 1 is 1.58 bits per heavy atom. The minimum atomic E-state index is -1.10. The molecule has 0 aliphatic rings. The maximum atomic E-state index is 10.6. The van der Waals surface area contributed by atoms with Gasteiger partial charge in [-0.05, 0) is 13.0 Å². The quantitative estimate of drug-likeness (QED) is 0.717. The molecule has 64 valence electrons. The van der Waals surface area contributed by atoms with Gasteiger partial charge in [0, 0.05) is 0 Å². The second-order valence-corrected chi connectivity index (χ2v) is 2.96. The van der Waals surface area contributed by atoms with Gasteiger partial charge in [-0.25, -0.2) is 9.78 Å². The Kier molecular flexibility index (Phi) is 2.55.